The Balaban J connectivity index is 1.86. The first-order valence-electron chi connectivity index (χ1n) is 8.07. The molecule has 2 aromatic carbocycles. The lowest BCUT2D eigenvalue weighted by molar-refractivity contribution is -0.137. The summed E-state index contributed by atoms with van der Waals surface area (Å²) in [5, 5.41) is 4.97. The minimum atomic E-state index is -1.66. The minimum Gasteiger partial charge on any atom is -0.300 e. The Morgan fingerprint density at radius 1 is 1.00 bits per heavy atom. The van der Waals surface area contributed by atoms with Crippen molar-refractivity contribution in [1.82, 2.24) is 10.6 Å². The van der Waals surface area contributed by atoms with Crippen LogP contribution in [-0.4, -0.2) is 28.2 Å². The lowest BCUT2D eigenvalue weighted by atomic mass is 9.77. The molecule has 2 aliphatic rings. The molecule has 0 saturated carbocycles. The highest BCUT2D eigenvalue weighted by Gasteiger charge is 2.59. The van der Waals surface area contributed by atoms with Gasteiger partial charge >= 0.3 is 0 Å². The molecule has 130 valence electrons. The van der Waals surface area contributed by atoms with Crippen LogP contribution in [0.5, 0.6) is 0 Å². The van der Waals surface area contributed by atoms with Crippen LogP contribution in [0.25, 0.3) is 0 Å². The third-order valence-corrected chi connectivity index (χ3v) is 4.94. The highest BCUT2D eigenvalue weighted by atomic mass is 32.1. The molecule has 2 amide bonds. The summed E-state index contributed by atoms with van der Waals surface area (Å²) in [7, 11) is 0. The van der Waals surface area contributed by atoms with E-state index in [0.29, 0.717) is 17.7 Å². The third-order valence-electron chi connectivity index (χ3n) is 4.74. The number of carbonyl (C=O) groups excluding carboxylic acids is 2. The summed E-state index contributed by atoms with van der Waals surface area (Å²) in [6, 6.07) is 15.2. The molecule has 0 radical (unpaired) electrons. The van der Waals surface area contributed by atoms with Crippen molar-refractivity contribution < 1.29 is 14.0 Å². The van der Waals surface area contributed by atoms with Crippen molar-refractivity contribution in [2.24, 2.45) is 4.99 Å². The molecule has 2 aromatic rings. The van der Waals surface area contributed by atoms with Crippen molar-refractivity contribution in [3.05, 3.63) is 71.5 Å². The Bertz CT molecular complexity index is 921. The first-order chi connectivity index (χ1) is 12.5. The van der Waals surface area contributed by atoms with Gasteiger partial charge in [0.1, 0.15) is 5.82 Å². The fraction of sp³-hybridized carbons (Fsp3) is 0.158. The molecule has 7 heteroatoms. The number of hydrogen-bond acceptors (Lipinski definition) is 4. The number of benzene rings is 2. The van der Waals surface area contributed by atoms with Gasteiger partial charge in [0.15, 0.2) is 5.11 Å². The summed E-state index contributed by atoms with van der Waals surface area (Å²) >= 11 is 4.91. The molecule has 1 fully saturated rings. The highest BCUT2D eigenvalue weighted by molar-refractivity contribution is 7.80. The van der Waals surface area contributed by atoms with Crippen LogP contribution >= 0.6 is 12.2 Å². The second kappa shape index (κ2) is 6.10. The lowest BCUT2D eigenvalue weighted by Crippen LogP contribution is -2.66. The Morgan fingerprint density at radius 2 is 1.62 bits per heavy atom. The maximum absolute atomic E-state index is 13.3. The van der Waals surface area contributed by atoms with Crippen LogP contribution in [0.3, 0.4) is 0 Å². The normalized spacial score (nSPS) is 21.3. The third kappa shape index (κ3) is 2.52. The zero-order valence-electron chi connectivity index (χ0n) is 13.5. The van der Waals surface area contributed by atoms with Gasteiger partial charge in [0, 0.05) is 18.1 Å². The fourth-order valence-electron chi connectivity index (χ4n) is 3.49. The number of halogens is 1. The van der Waals surface area contributed by atoms with Crippen LogP contribution in [0.2, 0.25) is 0 Å². The summed E-state index contributed by atoms with van der Waals surface area (Å²) < 4.78 is 13.3. The number of rotatable bonds is 2. The van der Waals surface area contributed by atoms with E-state index in [0.717, 1.165) is 5.56 Å². The van der Waals surface area contributed by atoms with Crippen LogP contribution in [0.1, 0.15) is 23.5 Å². The average molecular weight is 367 g/mol. The van der Waals surface area contributed by atoms with E-state index in [1.54, 1.807) is 12.1 Å². The zero-order valence-corrected chi connectivity index (χ0v) is 14.3. The summed E-state index contributed by atoms with van der Waals surface area (Å²) in [5.74, 6) is -2.07. The predicted octanol–water partition coefficient (Wildman–Crippen LogP) is 2.07. The predicted molar refractivity (Wildman–Crippen MR) is 98.4 cm³/mol. The molecule has 2 aliphatic heterocycles. The molecule has 2 N–H and O–H groups in total. The Morgan fingerprint density at radius 3 is 2.23 bits per heavy atom. The van der Waals surface area contributed by atoms with E-state index in [-0.39, 0.29) is 10.9 Å². The van der Waals surface area contributed by atoms with Gasteiger partial charge in [-0.3, -0.25) is 14.6 Å². The van der Waals surface area contributed by atoms with E-state index in [4.69, 9.17) is 12.2 Å². The molecule has 1 saturated heterocycles. The van der Waals surface area contributed by atoms with E-state index in [2.05, 4.69) is 15.6 Å². The molecule has 1 unspecified atom stereocenters. The van der Waals surface area contributed by atoms with Crippen LogP contribution in [-0.2, 0) is 9.59 Å². The van der Waals surface area contributed by atoms with Gasteiger partial charge in [-0.2, -0.15) is 0 Å². The van der Waals surface area contributed by atoms with Crippen LogP contribution in [0.4, 0.5) is 4.39 Å². The molecular weight excluding hydrogens is 353 g/mol. The number of thiocarbonyl (C=S) groups is 1. The van der Waals surface area contributed by atoms with Gasteiger partial charge in [0.2, 0.25) is 5.54 Å². The van der Waals surface area contributed by atoms with Gasteiger partial charge in [-0.25, -0.2) is 4.39 Å². The standard InChI is InChI=1S/C19H14FN3O2S/c20-13-8-6-11(7-9-13)14-10-15(12-4-2-1-3-5-12)23-19(14)16(24)21-18(26)22-17(19)25/h1-9,14H,10H2,(H2,21,22,24,25,26). The second-order valence-corrected chi connectivity index (χ2v) is 6.64. The molecule has 1 atom stereocenters. The summed E-state index contributed by atoms with van der Waals surface area (Å²) in [6.07, 6.45) is 0.378. The van der Waals surface area contributed by atoms with Gasteiger partial charge in [0.05, 0.1) is 0 Å². The quantitative estimate of drug-likeness (QED) is 0.631. The molecule has 1 spiro atoms. The number of nitrogens with one attached hydrogen (secondary N) is 2. The van der Waals surface area contributed by atoms with Gasteiger partial charge in [-0.15, -0.1) is 0 Å². The van der Waals surface area contributed by atoms with E-state index in [1.807, 2.05) is 30.3 Å². The molecule has 4 rings (SSSR count). The van der Waals surface area contributed by atoms with E-state index in [9.17, 15) is 14.0 Å². The van der Waals surface area contributed by atoms with Crippen LogP contribution in [0, 0.1) is 5.82 Å². The Hall–Kier alpha value is -2.93. The van der Waals surface area contributed by atoms with E-state index in [1.165, 1.54) is 12.1 Å². The molecule has 0 aromatic heterocycles. The van der Waals surface area contributed by atoms with Crippen LogP contribution in [0.15, 0.2) is 59.6 Å². The van der Waals surface area contributed by atoms with Gasteiger partial charge < -0.3 is 10.6 Å². The molecule has 0 aliphatic carbocycles. The SMILES string of the molecule is O=C1NC(=S)NC(=O)C12N=C(c1ccccc1)CC2c1ccc(F)cc1. The van der Waals surface area contributed by atoms with Crippen LogP contribution < -0.4 is 10.6 Å². The van der Waals surface area contributed by atoms with Crippen molar-refractivity contribution in [2.75, 3.05) is 0 Å². The number of aliphatic imine (C=N–C) groups is 1. The summed E-state index contributed by atoms with van der Waals surface area (Å²) in [4.78, 5) is 30.2. The Labute approximate surface area is 154 Å². The van der Waals surface area contributed by atoms with E-state index >= 15 is 0 Å². The molecule has 2 heterocycles. The number of carbonyl (C=O) groups is 2. The van der Waals surface area contributed by atoms with Gasteiger partial charge in [-0.1, -0.05) is 42.5 Å². The van der Waals surface area contributed by atoms with Crippen molar-refractivity contribution in [2.45, 2.75) is 17.9 Å². The number of nitrogens with zero attached hydrogens (tertiary/aromatic N) is 1. The zero-order chi connectivity index (χ0) is 18.3. The number of amides is 2. The minimum absolute atomic E-state index is 0.0353. The van der Waals surface area contributed by atoms with Crippen molar-refractivity contribution in [1.29, 1.82) is 0 Å². The number of hydrogen-bond donors (Lipinski definition) is 2. The maximum Gasteiger partial charge on any atom is 0.264 e. The first kappa shape index (κ1) is 16.5. The van der Waals surface area contributed by atoms with E-state index < -0.39 is 23.3 Å². The van der Waals surface area contributed by atoms with Gasteiger partial charge in [0.25, 0.3) is 11.8 Å². The monoisotopic (exact) mass is 367 g/mol. The lowest BCUT2D eigenvalue weighted by Gasteiger charge is -2.34. The summed E-state index contributed by atoms with van der Waals surface area (Å²) in [5.41, 5.74) is 0.494. The smallest absolute Gasteiger partial charge is 0.264 e. The Kier molecular flexibility index (Phi) is 3.88. The molecule has 5 nitrogen and oxygen atoms in total. The van der Waals surface area contributed by atoms with Crippen molar-refractivity contribution in [3.8, 4) is 0 Å². The fourth-order valence-corrected chi connectivity index (χ4v) is 3.68. The molecular formula is C19H14FN3O2S. The topological polar surface area (TPSA) is 70.6 Å². The second-order valence-electron chi connectivity index (χ2n) is 6.24. The summed E-state index contributed by atoms with van der Waals surface area (Å²) in [6.45, 7) is 0. The molecule has 26 heavy (non-hydrogen) atoms. The average Bonchev–Trinajstić information content (AvgIpc) is 3.03. The van der Waals surface area contributed by atoms with Gasteiger partial charge in [-0.05, 0) is 35.5 Å². The first-order valence-corrected chi connectivity index (χ1v) is 8.48. The highest BCUT2D eigenvalue weighted by Crippen LogP contribution is 2.43. The molecule has 0 bridgehead atoms. The van der Waals surface area contributed by atoms with Crippen molar-refractivity contribution >= 4 is 34.9 Å². The largest absolute Gasteiger partial charge is 0.300 e. The van der Waals surface area contributed by atoms with Crippen molar-refractivity contribution in [3.63, 3.8) is 0 Å². The maximum atomic E-state index is 13.3.